The minimum atomic E-state index is -0.196. The molecule has 1 saturated carbocycles. The predicted molar refractivity (Wildman–Crippen MR) is 103 cm³/mol. The molecular formula is C22H22N2O2. The van der Waals surface area contributed by atoms with Crippen LogP contribution in [0.3, 0.4) is 0 Å². The summed E-state index contributed by atoms with van der Waals surface area (Å²) >= 11 is 0. The number of carbonyl (C=O) groups is 1. The maximum Gasteiger partial charge on any atom is 0.252 e. The third-order valence-corrected chi connectivity index (χ3v) is 5.28. The molecule has 4 rings (SSSR count). The maximum absolute atomic E-state index is 12.7. The number of fused-ring (bicyclic) bond motifs is 1. The van der Waals surface area contributed by atoms with Crippen molar-refractivity contribution in [2.45, 2.75) is 31.7 Å². The van der Waals surface area contributed by atoms with Crippen LogP contribution in [0.5, 0.6) is 0 Å². The first-order valence-corrected chi connectivity index (χ1v) is 9.16. The Labute approximate surface area is 152 Å². The number of hydrogen-bond acceptors (Lipinski definition) is 2. The standard InChI is InChI=1S/C22H22N2O2/c25-20(14-18-13-17-9-4-5-12-19(17)23-22(18)26)24-21(16-10-6-11-16)15-7-2-1-3-8-15/h1-5,7-9,12-13,16,21H,6,10-11,14H2,(H,23,26)(H,24,25)/t21-/m0/s1. The molecule has 3 aromatic rings. The predicted octanol–water partition coefficient (Wildman–Crippen LogP) is 3.73. The maximum atomic E-state index is 12.7. The molecule has 26 heavy (non-hydrogen) atoms. The van der Waals surface area contributed by atoms with Crippen LogP contribution in [0.25, 0.3) is 10.9 Å². The lowest BCUT2D eigenvalue weighted by molar-refractivity contribution is -0.121. The van der Waals surface area contributed by atoms with Crippen molar-refractivity contribution >= 4 is 16.8 Å². The van der Waals surface area contributed by atoms with Gasteiger partial charge in [-0.1, -0.05) is 55.0 Å². The molecule has 0 bridgehead atoms. The fourth-order valence-electron chi connectivity index (χ4n) is 3.63. The zero-order valence-corrected chi connectivity index (χ0v) is 14.6. The van der Waals surface area contributed by atoms with Crippen LogP contribution in [0.2, 0.25) is 0 Å². The van der Waals surface area contributed by atoms with Gasteiger partial charge in [0.15, 0.2) is 0 Å². The second-order valence-electron chi connectivity index (χ2n) is 7.03. The summed E-state index contributed by atoms with van der Waals surface area (Å²) in [7, 11) is 0. The summed E-state index contributed by atoms with van der Waals surface area (Å²) in [6.07, 6.45) is 3.58. The van der Waals surface area contributed by atoms with Crippen LogP contribution in [-0.4, -0.2) is 10.9 Å². The molecule has 0 spiro atoms. The van der Waals surface area contributed by atoms with E-state index >= 15 is 0 Å². The van der Waals surface area contributed by atoms with Gasteiger partial charge in [0, 0.05) is 11.1 Å². The van der Waals surface area contributed by atoms with E-state index < -0.39 is 0 Å². The summed E-state index contributed by atoms with van der Waals surface area (Å²) in [5.74, 6) is 0.378. The Balaban J connectivity index is 1.54. The van der Waals surface area contributed by atoms with Crippen LogP contribution in [0.4, 0.5) is 0 Å². The number of carbonyl (C=O) groups excluding carboxylic acids is 1. The fourth-order valence-corrected chi connectivity index (χ4v) is 3.63. The van der Waals surface area contributed by atoms with E-state index in [1.165, 1.54) is 6.42 Å². The Hall–Kier alpha value is -2.88. The molecule has 132 valence electrons. The molecule has 1 amide bonds. The van der Waals surface area contributed by atoms with Crippen molar-refractivity contribution in [3.05, 3.63) is 82.1 Å². The number of hydrogen-bond donors (Lipinski definition) is 2. The molecule has 1 heterocycles. The van der Waals surface area contributed by atoms with Crippen LogP contribution in [-0.2, 0) is 11.2 Å². The largest absolute Gasteiger partial charge is 0.349 e. The number of H-pyrrole nitrogens is 1. The van der Waals surface area contributed by atoms with Gasteiger partial charge >= 0.3 is 0 Å². The summed E-state index contributed by atoms with van der Waals surface area (Å²) < 4.78 is 0. The zero-order valence-electron chi connectivity index (χ0n) is 14.6. The van der Waals surface area contributed by atoms with Crippen molar-refractivity contribution in [3.8, 4) is 0 Å². The second-order valence-corrected chi connectivity index (χ2v) is 7.03. The third kappa shape index (κ3) is 3.40. The lowest BCUT2D eigenvalue weighted by atomic mass is 9.77. The summed E-state index contributed by atoms with van der Waals surface area (Å²) in [6.45, 7) is 0. The number of pyridine rings is 1. The van der Waals surface area contributed by atoms with E-state index in [9.17, 15) is 9.59 Å². The molecular weight excluding hydrogens is 324 g/mol. The quantitative estimate of drug-likeness (QED) is 0.739. The molecule has 4 heteroatoms. The van der Waals surface area contributed by atoms with E-state index in [0.29, 0.717) is 11.5 Å². The van der Waals surface area contributed by atoms with Crippen LogP contribution in [0, 0.1) is 5.92 Å². The van der Waals surface area contributed by atoms with Gasteiger partial charge in [-0.05, 0) is 41.8 Å². The number of para-hydroxylation sites is 1. The van der Waals surface area contributed by atoms with Gasteiger partial charge < -0.3 is 10.3 Å². The van der Waals surface area contributed by atoms with Gasteiger partial charge in [0.1, 0.15) is 0 Å². The molecule has 1 aromatic heterocycles. The zero-order chi connectivity index (χ0) is 17.9. The van der Waals surface area contributed by atoms with E-state index in [1.54, 1.807) is 0 Å². The first kappa shape index (κ1) is 16.6. The topological polar surface area (TPSA) is 62.0 Å². The average molecular weight is 346 g/mol. The van der Waals surface area contributed by atoms with Gasteiger partial charge in [-0.2, -0.15) is 0 Å². The molecule has 1 atom stereocenters. The second kappa shape index (κ2) is 7.16. The highest BCUT2D eigenvalue weighted by molar-refractivity contribution is 5.82. The molecule has 1 fully saturated rings. The third-order valence-electron chi connectivity index (χ3n) is 5.28. The van der Waals surface area contributed by atoms with Crippen molar-refractivity contribution < 1.29 is 4.79 Å². The van der Waals surface area contributed by atoms with E-state index in [-0.39, 0.29) is 23.9 Å². The number of amides is 1. The molecule has 2 N–H and O–H groups in total. The molecule has 0 radical (unpaired) electrons. The first-order valence-electron chi connectivity index (χ1n) is 9.16. The number of nitrogens with one attached hydrogen (secondary N) is 2. The lowest BCUT2D eigenvalue weighted by Crippen LogP contribution is -2.37. The van der Waals surface area contributed by atoms with Crippen LogP contribution >= 0.6 is 0 Å². The van der Waals surface area contributed by atoms with Crippen molar-refractivity contribution in [2.24, 2.45) is 5.92 Å². The van der Waals surface area contributed by atoms with Gasteiger partial charge in [-0.3, -0.25) is 9.59 Å². The SMILES string of the molecule is O=C(Cc1cc2ccccc2[nH]c1=O)N[C@@H](c1ccccc1)C1CCC1. The van der Waals surface area contributed by atoms with Crippen LogP contribution < -0.4 is 10.9 Å². The Morgan fingerprint density at radius 1 is 1.08 bits per heavy atom. The van der Waals surface area contributed by atoms with E-state index in [4.69, 9.17) is 0 Å². The van der Waals surface area contributed by atoms with Crippen molar-refractivity contribution in [3.63, 3.8) is 0 Å². The number of benzene rings is 2. The molecule has 1 aliphatic rings. The van der Waals surface area contributed by atoms with Gasteiger partial charge in [-0.25, -0.2) is 0 Å². The van der Waals surface area contributed by atoms with Gasteiger partial charge in [-0.15, -0.1) is 0 Å². The van der Waals surface area contributed by atoms with Gasteiger partial charge in [0.2, 0.25) is 5.91 Å². The highest BCUT2D eigenvalue weighted by atomic mass is 16.2. The number of rotatable bonds is 5. The Morgan fingerprint density at radius 2 is 1.81 bits per heavy atom. The summed E-state index contributed by atoms with van der Waals surface area (Å²) in [5.41, 5.74) is 2.23. The first-order chi connectivity index (χ1) is 12.7. The van der Waals surface area contributed by atoms with Crippen LogP contribution in [0.15, 0.2) is 65.5 Å². The van der Waals surface area contributed by atoms with E-state index in [2.05, 4.69) is 22.4 Å². The van der Waals surface area contributed by atoms with E-state index in [1.807, 2.05) is 48.5 Å². The molecule has 0 unspecified atom stereocenters. The minimum absolute atomic E-state index is 0.0250. The van der Waals surface area contributed by atoms with Gasteiger partial charge in [0.05, 0.1) is 12.5 Å². The molecule has 4 nitrogen and oxygen atoms in total. The van der Waals surface area contributed by atoms with Crippen LogP contribution in [0.1, 0.15) is 36.4 Å². The highest BCUT2D eigenvalue weighted by Crippen LogP contribution is 2.37. The minimum Gasteiger partial charge on any atom is -0.349 e. The molecule has 0 aliphatic heterocycles. The smallest absolute Gasteiger partial charge is 0.252 e. The summed E-state index contributed by atoms with van der Waals surface area (Å²) in [4.78, 5) is 27.8. The molecule has 2 aromatic carbocycles. The van der Waals surface area contributed by atoms with Crippen molar-refractivity contribution in [1.29, 1.82) is 0 Å². The number of aromatic nitrogens is 1. The Bertz CT molecular complexity index is 974. The monoisotopic (exact) mass is 346 g/mol. The summed E-state index contributed by atoms with van der Waals surface area (Å²) in [6, 6.07) is 19.6. The highest BCUT2D eigenvalue weighted by Gasteiger charge is 2.29. The Morgan fingerprint density at radius 3 is 2.54 bits per heavy atom. The van der Waals surface area contributed by atoms with E-state index in [0.717, 1.165) is 29.3 Å². The summed E-state index contributed by atoms with van der Waals surface area (Å²) in [5, 5.41) is 4.11. The number of aromatic amines is 1. The van der Waals surface area contributed by atoms with Crippen molar-refractivity contribution in [1.82, 2.24) is 10.3 Å². The molecule has 1 aliphatic carbocycles. The fraction of sp³-hybridized carbons (Fsp3) is 0.273. The average Bonchev–Trinajstić information content (AvgIpc) is 2.61. The normalized spacial score (nSPS) is 15.4. The Kier molecular flexibility index (Phi) is 4.57. The van der Waals surface area contributed by atoms with Gasteiger partial charge in [0.25, 0.3) is 5.56 Å². The molecule has 0 saturated heterocycles. The van der Waals surface area contributed by atoms with Crippen molar-refractivity contribution in [2.75, 3.05) is 0 Å². The lowest BCUT2D eigenvalue weighted by Gasteiger charge is -2.34.